The molecule has 4 rings (SSSR count). The molecule has 1 amide bonds. The molecular formula is C21H23N5O3. The van der Waals surface area contributed by atoms with Gasteiger partial charge in [-0.25, -0.2) is 4.98 Å². The maximum Gasteiger partial charge on any atom is 0.274 e. The normalized spacial score (nSPS) is 16.6. The number of carbonyl (C=O) groups excluding carboxylic acids is 1. The summed E-state index contributed by atoms with van der Waals surface area (Å²) in [6, 6.07) is 7.52. The predicted octanol–water partition coefficient (Wildman–Crippen LogP) is 3.42. The monoisotopic (exact) mass is 393 g/mol. The van der Waals surface area contributed by atoms with Crippen LogP contribution in [0.2, 0.25) is 0 Å². The first-order chi connectivity index (χ1) is 14.1. The summed E-state index contributed by atoms with van der Waals surface area (Å²) >= 11 is 0. The fourth-order valence-corrected chi connectivity index (χ4v) is 3.33. The number of aromatic nitrogens is 4. The molecule has 8 heteroatoms. The van der Waals surface area contributed by atoms with Gasteiger partial charge in [-0.05, 0) is 45.2 Å². The van der Waals surface area contributed by atoms with Crippen LogP contribution in [0.3, 0.4) is 0 Å². The van der Waals surface area contributed by atoms with Crippen molar-refractivity contribution in [3.8, 4) is 5.75 Å². The zero-order chi connectivity index (χ0) is 20.2. The van der Waals surface area contributed by atoms with Crippen LogP contribution in [0.5, 0.6) is 5.75 Å². The van der Waals surface area contributed by atoms with Gasteiger partial charge in [-0.3, -0.25) is 9.78 Å². The van der Waals surface area contributed by atoms with E-state index in [-0.39, 0.29) is 18.6 Å². The van der Waals surface area contributed by atoms with E-state index in [1.165, 1.54) is 6.20 Å². The molecule has 150 valence electrons. The highest BCUT2D eigenvalue weighted by atomic mass is 16.5. The molecule has 2 aromatic heterocycles. The topological polar surface area (TPSA) is 94.2 Å². The summed E-state index contributed by atoms with van der Waals surface area (Å²) in [6.45, 7) is 4.67. The van der Waals surface area contributed by atoms with E-state index in [1.807, 2.05) is 38.1 Å². The number of carbonyl (C=O) groups is 1. The first-order valence-electron chi connectivity index (χ1n) is 9.72. The van der Waals surface area contributed by atoms with Gasteiger partial charge in [-0.2, -0.15) is 4.98 Å². The molecule has 1 unspecified atom stereocenters. The van der Waals surface area contributed by atoms with Gasteiger partial charge in [-0.1, -0.05) is 22.9 Å². The molecule has 1 atom stereocenters. The van der Waals surface area contributed by atoms with Crippen LogP contribution in [0, 0.1) is 13.8 Å². The Labute approximate surface area is 168 Å². The average Bonchev–Trinajstić information content (AvgIpc) is 3.22. The second kappa shape index (κ2) is 8.38. The van der Waals surface area contributed by atoms with Gasteiger partial charge in [0.05, 0.1) is 17.9 Å². The number of hydrogen-bond donors (Lipinski definition) is 0. The molecule has 1 aliphatic heterocycles. The third kappa shape index (κ3) is 4.42. The lowest BCUT2D eigenvalue weighted by atomic mass is 10.0. The van der Waals surface area contributed by atoms with Crippen LogP contribution in [0.1, 0.15) is 58.8 Å². The highest BCUT2D eigenvalue weighted by Crippen LogP contribution is 2.30. The van der Waals surface area contributed by atoms with Gasteiger partial charge < -0.3 is 14.2 Å². The Morgan fingerprint density at radius 2 is 2.00 bits per heavy atom. The molecule has 3 aromatic rings. The molecule has 3 heterocycles. The van der Waals surface area contributed by atoms with Gasteiger partial charge in [0.2, 0.25) is 0 Å². The summed E-state index contributed by atoms with van der Waals surface area (Å²) in [5, 5.41) is 4.11. The van der Waals surface area contributed by atoms with Gasteiger partial charge in [0, 0.05) is 12.7 Å². The number of hydrogen-bond acceptors (Lipinski definition) is 7. The second-order valence-electron chi connectivity index (χ2n) is 7.20. The van der Waals surface area contributed by atoms with Crippen molar-refractivity contribution >= 4 is 5.91 Å². The largest absolute Gasteiger partial charge is 0.484 e. The van der Waals surface area contributed by atoms with Crippen LogP contribution < -0.4 is 4.74 Å². The molecule has 29 heavy (non-hydrogen) atoms. The molecule has 1 fully saturated rings. The Morgan fingerprint density at radius 1 is 1.17 bits per heavy atom. The molecule has 1 aromatic carbocycles. The van der Waals surface area contributed by atoms with E-state index in [2.05, 4.69) is 20.1 Å². The minimum absolute atomic E-state index is 0.163. The van der Waals surface area contributed by atoms with Crippen LogP contribution in [0.25, 0.3) is 0 Å². The van der Waals surface area contributed by atoms with E-state index in [4.69, 9.17) is 9.26 Å². The maximum absolute atomic E-state index is 13.0. The van der Waals surface area contributed by atoms with Crippen LogP contribution >= 0.6 is 0 Å². The summed E-state index contributed by atoms with van der Waals surface area (Å²) in [5.74, 6) is 1.46. The van der Waals surface area contributed by atoms with Crippen LogP contribution in [-0.2, 0) is 6.61 Å². The van der Waals surface area contributed by atoms with Crippen molar-refractivity contribution in [2.24, 2.45) is 0 Å². The smallest absolute Gasteiger partial charge is 0.274 e. The number of rotatable bonds is 5. The Kier molecular flexibility index (Phi) is 5.50. The minimum Gasteiger partial charge on any atom is -0.484 e. The Balaban J connectivity index is 1.46. The maximum atomic E-state index is 13.0. The van der Waals surface area contributed by atoms with Crippen molar-refractivity contribution in [1.82, 2.24) is 25.0 Å². The standard InChI is InChI=1S/C21H23N5O3/c1-14-6-8-16(9-7-14)28-13-19-24-20(25-29-19)18-5-3-4-10-26(18)21(27)17-12-22-15(2)11-23-17/h6-9,11-12,18H,3-5,10,13H2,1-2H3. The van der Waals surface area contributed by atoms with Gasteiger partial charge in [0.1, 0.15) is 11.4 Å². The van der Waals surface area contributed by atoms with E-state index in [9.17, 15) is 4.79 Å². The van der Waals surface area contributed by atoms with E-state index >= 15 is 0 Å². The Bertz CT molecular complexity index is 969. The SMILES string of the molecule is Cc1ccc(OCc2nc(C3CCCCN3C(=O)c3cnc(C)cn3)no2)cc1. The minimum atomic E-state index is -0.240. The zero-order valence-corrected chi connectivity index (χ0v) is 16.5. The zero-order valence-electron chi connectivity index (χ0n) is 16.5. The number of aryl methyl sites for hydroxylation is 2. The van der Waals surface area contributed by atoms with Crippen molar-refractivity contribution in [2.45, 2.75) is 45.8 Å². The summed E-state index contributed by atoms with van der Waals surface area (Å²) < 4.78 is 11.1. The molecule has 0 saturated carbocycles. The van der Waals surface area contributed by atoms with Gasteiger partial charge in [0.15, 0.2) is 12.4 Å². The Morgan fingerprint density at radius 3 is 2.76 bits per heavy atom. The van der Waals surface area contributed by atoms with E-state index in [0.29, 0.717) is 24.0 Å². The molecular weight excluding hydrogens is 370 g/mol. The fourth-order valence-electron chi connectivity index (χ4n) is 3.33. The van der Waals surface area contributed by atoms with E-state index in [1.54, 1.807) is 11.1 Å². The van der Waals surface area contributed by atoms with Gasteiger partial charge in [0.25, 0.3) is 11.8 Å². The number of ether oxygens (including phenoxy) is 1. The molecule has 0 radical (unpaired) electrons. The number of nitrogens with zero attached hydrogens (tertiary/aromatic N) is 5. The van der Waals surface area contributed by atoms with Gasteiger partial charge >= 0.3 is 0 Å². The molecule has 0 N–H and O–H groups in total. The third-order valence-corrected chi connectivity index (χ3v) is 4.93. The van der Waals surface area contributed by atoms with E-state index < -0.39 is 0 Å². The van der Waals surface area contributed by atoms with E-state index in [0.717, 1.165) is 36.3 Å². The summed E-state index contributed by atoms with van der Waals surface area (Å²) in [4.78, 5) is 27.6. The van der Waals surface area contributed by atoms with Gasteiger partial charge in [-0.15, -0.1) is 0 Å². The lowest BCUT2D eigenvalue weighted by molar-refractivity contribution is 0.0590. The van der Waals surface area contributed by atoms with Crippen molar-refractivity contribution in [3.63, 3.8) is 0 Å². The quantitative estimate of drug-likeness (QED) is 0.655. The molecule has 0 bridgehead atoms. The number of likely N-dealkylation sites (tertiary alicyclic amines) is 1. The molecule has 8 nitrogen and oxygen atoms in total. The number of piperidine rings is 1. The third-order valence-electron chi connectivity index (χ3n) is 4.93. The van der Waals surface area contributed by atoms with Crippen molar-refractivity contribution in [1.29, 1.82) is 0 Å². The summed E-state index contributed by atoms with van der Waals surface area (Å²) in [7, 11) is 0. The number of amides is 1. The lowest BCUT2D eigenvalue weighted by Gasteiger charge is -2.33. The first-order valence-corrected chi connectivity index (χ1v) is 9.72. The second-order valence-corrected chi connectivity index (χ2v) is 7.20. The van der Waals surface area contributed by atoms with Crippen molar-refractivity contribution < 1.29 is 14.1 Å². The molecule has 0 spiro atoms. The summed E-state index contributed by atoms with van der Waals surface area (Å²) in [5.41, 5.74) is 2.26. The van der Waals surface area contributed by atoms with Crippen molar-refractivity contribution in [3.05, 3.63) is 65.3 Å². The fraction of sp³-hybridized carbons (Fsp3) is 0.381. The summed E-state index contributed by atoms with van der Waals surface area (Å²) in [6.07, 6.45) is 5.82. The van der Waals surface area contributed by atoms with Crippen molar-refractivity contribution in [2.75, 3.05) is 6.54 Å². The average molecular weight is 393 g/mol. The lowest BCUT2D eigenvalue weighted by Crippen LogP contribution is -2.39. The van der Waals surface area contributed by atoms with Crippen LogP contribution in [0.15, 0.2) is 41.2 Å². The highest BCUT2D eigenvalue weighted by molar-refractivity contribution is 5.92. The molecule has 0 aliphatic carbocycles. The number of benzene rings is 1. The first kappa shape index (κ1) is 19.0. The highest BCUT2D eigenvalue weighted by Gasteiger charge is 2.32. The Hall–Kier alpha value is -3.29. The predicted molar refractivity (Wildman–Crippen MR) is 104 cm³/mol. The van der Waals surface area contributed by atoms with Crippen LogP contribution in [0.4, 0.5) is 0 Å². The van der Waals surface area contributed by atoms with Crippen LogP contribution in [-0.4, -0.2) is 37.5 Å². The molecule has 1 aliphatic rings. The molecule has 1 saturated heterocycles.